The summed E-state index contributed by atoms with van der Waals surface area (Å²) < 4.78 is 5.61. The molecule has 3 N–H and O–H groups in total. The van der Waals surface area contributed by atoms with Crippen LogP contribution in [0.5, 0.6) is 5.75 Å². The summed E-state index contributed by atoms with van der Waals surface area (Å²) in [6.45, 7) is 8.08. The molecule has 0 radical (unpaired) electrons. The van der Waals surface area contributed by atoms with Gasteiger partial charge in [0.25, 0.3) is 0 Å². The van der Waals surface area contributed by atoms with Gasteiger partial charge in [-0.15, -0.1) is 0 Å². The molecule has 21 heavy (non-hydrogen) atoms. The first kappa shape index (κ1) is 18.0. The van der Waals surface area contributed by atoms with E-state index in [-0.39, 0.29) is 0 Å². The highest BCUT2D eigenvalue weighted by molar-refractivity contribution is 5.27. The van der Waals surface area contributed by atoms with E-state index in [1.807, 2.05) is 31.3 Å². The Morgan fingerprint density at radius 1 is 1.19 bits per heavy atom. The van der Waals surface area contributed by atoms with Crippen LogP contribution in [0.1, 0.15) is 32.8 Å². The molecule has 0 spiro atoms. The average molecular weight is 294 g/mol. The molecule has 0 aliphatic heterocycles. The van der Waals surface area contributed by atoms with Crippen LogP contribution in [0.25, 0.3) is 0 Å². The number of nitrogens with zero attached hydrogens (tertiary/aromatic N) is 1. The maximum absolute atomic E-state index is 10.1. The van der Waals surface area contributed by atoms with Gasteiger partial charge in [0, 0.05) is 19.1 Å². The SMILES string of the molecule is CC(C)CC(C)N(C)CC(O)COc1ccc(CN)cc1. The lowest BCUT2D eigenvalue weighted by Crippen LogP contribution is -2.38. The van der Waals surface area contributed by atoms with Gasteiger partial charge in [0.2, 0.25) is 0 Å². The van der Waals surface area contributed by atoms with Crippen LogP contribution in [0, 0.1) is 5.92 Å². The van der Waals surface area contributed by atoms with Crippen LogP contribution in [0.15, 0.2) is 24.3 Å². The van der Waals surface area contributed by atoms with Crippen molar-refractivity contribution < 1.29 is 9.84 Å². The zero-order valence-electron chi connectivity index (χ0n) is 13.7. The molecule has 0 bridgehead atoms. The summed E-state index contributed by atoms with van der Waals surface area (Å²) >= 11 is 0. The Morgan fingerprint density at radius 3 is 2.33 bits per heavy atom. The van der Waals surface area contributed by atoms with Crippen molar-refractivity contribution in [3.63, 3.8) is 0 Å². The van der Waals surface area contributed by atoms with Gasteiger partial charge in [-0.25, -0.2) is 0 Å². The predicted octanol–water partition coefficient (Wildman–Crippen LogP) is 2.25. The summed E-state index contributed by atoms with van der Waals surface area (Å²) in [4.78, 5) is 2.19. The quantitative estimate of drug-likeness (QED) is 0.733. The second kappa shape index (κ2) is 9.03. The molecule has 2 atom stereocenters. The fraction of sp³-hybridized carbons (Fsp3) is 0.647. The van der Waals surface area contributed by atoms with Crippen LogP contribution in [-0.4, -0.2) is 42.4 Å². The van der Waals surface area contributed by atoms with E-state index in [0.717, 1.165) is 17.7 Å². The molecule has 0 aromatic heterocycles. The van der Waals surface area contributed by atoms with Crippen molar-refractivity contribution >= 4 is 0 Å². The van der Waals surface area contributed by atoms with Crippen molar-refractivity contribution in [2.45, 2.75) is 45.9 Å². The van der Waals surface area contributed by atoms with Crippen LogP contribution in [0.3, 0.4) is 0 Å². The van der Waals surface area contributed by atoms with Gasteiger partial charge < -0.3 is 20.5 Å². The molecule has 120 valence electrons. The highest BCUT2D eigenvalue weighted by Gasteiger charge is 2.15. The summed E-state index contributed by atoms with van der Waals surface area (Å²) in [6.07, 6.45) is 0.642. The molecule has 4 heteroatoms. The van der Waals surface area contributed by atoms with Crippen molar-refractivity contribution in [2.75, 3.05) is 20.2 Å². The van der Waals surface area contributed by atoms with E-state index in [1.165, 1.54) is 0 Å². The zero-order chi connectivity index (χ0) is 15.8. The lowest BCUT2D eigenvalue weighted by molar-refractivity contribution is 0.0623. The maximum atomic E-state index is 10.1. The molecule has 0 aliphatic carbocycles. The molecule has 4 nitrogen and oxygen atoms in total. The number of hydrogen-bond acceptors (Lipinski definition) is 4. The van der Waals surface area contributed by atoms with Gasteiger partial charge in [-0.05, 0) is 44.0 Å². The first-order valence-corrected chi connectivity index (χ1v) is 7.72. The second-order valence-corrected chi connectivity index (χ2v) is 6.23. The number of benzene rings is 1. The summed E-state index contributed by atoms with van der Waals surface area (Å²) in [7, 11) is 2.05. The molecule has 1 aromatic carbocycles. The Balaban J connectivity index is 2.34. The molecule has 1 aromatic rings. The first-order valence-electron chi connectivity index (χ1n) is 7.72. The third-order valence-corrected chi connectivity index (χ3v) is 3.67. The number of aliphatic hydroxyl groups is 1. The zero-order valence-corrected chi connectivity index (χ0v) is 13.7. The second-order valence-electron chi connectivity index (χ2n) is 6.23. The fourth-order valence-electron chi connectivity index (χ4n) is 2.34. The van der Waals surface area contributed by atoms with Crippen LogP contribution in [-0.2, 0) is 6.54 Å². The third-order valence-electron chi connectivity index (χ3n) is 3.67. The van der Waals surface area contributed by atoms with Gasteiger partial charge in [-0.3, -0.25) is 0 Å². The highest BCUT2D eigenvalue weighted by atomic mass is 16.5. The van der Waals surface area contributed by atoms with E-state index >= 15 is 0 Å². The molecule has 1 rings (SSSR count). The molecule has 0 amide bonds. The topological polar surface area (TPSA) is 58.7 Å². The number of hydrogen-bond donors (Lipinski definition) is 2. The van der Waals surface area contributed by atoms with E-state index in [0.29, 0.717) is 31.7 Å². The van der Waals surface area contributed by atoms with Crippen molar-refractivity contribution in [3.05, 3.63) is 29.8 Å². The van der Waals surface area contributed by atoms with E-state index < -0.39 is 6.10 Å². The molecule has 2 unspecified atom stereocenters. The Hall–Kier alpha value is -1.10. The van der Waals surface area contributed by atoms with Crippen LogP contribution in [0.2, 0.25) is 0 Å². The Kier molecular flexibility index (Phi) is 7.72. The summed E-state index contributed by atoms with van der Waals surface area (Å²) in [5, 5.41) is 10.1. The number of aliphatic hydroxyl groups excluding tert-OH is 1. The number of nitrogens with two attached hydrogens (primary N) is 1. The van der Waals surface area contributed by atoms with E-state index in [4.69, 9.17) is 10.5 Å². The lowest BCUT2D eigenvalue weighted by atomic mass is 10.0. The molecular formula is C17H30N2O2. The van der Waals surface area contributed by atoms with Gasteiger partial charge >= 0.3 is 0 Å². The Labute approximate surface area is 128 Å². The van der Waals surface area contributed by atoms with Crippen molar-refractivity contribution in [2.24, 2.45) is 11.7 Å². The third kappa shape index (κ3) is 6.93. The fourth-order valence-corrected chi connectivity index (χ4v) is 2.34. The van der Waals surface area contributed by atoms with Crippen LogP contribution < -0.4 is 10.5 Å². The summed E-state index contributed by atoms with van der Waals surface area (Å²) in [6, 6.07) is 8.13. The van der Waals surface area contributed by atoms with Crippen LogP contribution >= 0.6 is 0 Å². The van der Waals surface area contributed by atoms with Crippen molar-refractivity contribution in [1.82, 2.24) is 4.90 Å². The molecule has 0 fully saturated rings. The van der Waals surface area contributed by atoms with E-state index in [2.05, 4.69) is 25.7 Å². The van der Waals surface area contributed by atoms with E-state index in [1.54, 1.807) is 0 Å². The average Bonchev–Trinajstić information content (AvgIpc) is 2.44. The smallest absolute Gasteiger partial charge is 0.119 e. The minimum absolute atomic E-state index is 0.306. The molecule has 0 heterocycles. The number of rotatable bonds is 9. The van der Waals surface area contributed by atoms with Gasteiger partial charge in [-0.2, -0.15) is 0 Å². The first-order chi connectivity index (χ1) is 9.92. The molecule has 0 saturated carbocycles. The van der Waals surface area contributed by atoms with E-state index in [9.17, 15) is 5.11 Å². The predicted molar refractivity (Wildman–Crippen MR) is 87.4 cm³/mol. The summed E-state index contributed by atoms with van der Waals surface area (Å²) in [5.74, 6) is 1.43. The highest BCUT2D eigenvalue weighted by Crippen LogP contribution is 2.13. The Morgan fingerprint density at radius 2 is 1.81 bits per heavy atom. The minimum Gasteiger partial charge on any atom is -0.491 e. The molecular weight excluding hydrogens is 264 g/mol. The van der Waals surface area contributed by atoms with Gasteiger partial charge in [-0.1, -0.05) is 26.0 Å². The van der Waals surface area contributed by atoms with Gasteiger partial charge in [0.05, 0.1) is 0 Å². The normalized spacial score (nSPS) is 14.5. The largest absolute Gasteiger partial charge is 0.491 e. The van der Waals surface area contributed by atoms with Crippen molar-refractivity contribution in [3.8, 4) is 5.75 Å². The standard InChI is InChI=1S/C17H30N2O2/c1-13(2)9-14(3)19(4)11-16(20)12-21-17-7-5-15(10-18)6-8-17/h5-8,13-14,16,20H,9-12,18H2,1-4H3. The van der Waals surface area contributed by atoms with Gasteiger partial charge in [0.1, 0.15) is 18.5 Å². The number of ether oxygens (including phenoxy) is 1. The van der Waals surface area contributed by atoms with Crippen molar-refractivity contribution in [1.29, 1.82) is 0 Å². The van der Waals surface area contributed by atoms with Gasteiger partial charge in [0.15, 0.2) is 0 Å². The Bertz CT molecular complexity index is 392. The molecule has 0 saturated heterocycles. The number of likely N-dealkylation sites (N-methyl/N-ethyl adjacent to an activating group) is 1. The molecule has 0 aliphatic rings. The maximum Gasteiger partial charge on any atom is 0.119 e. The minimum atomic E-state index is -0.487. The lowest BCUT2D eigenvalue weighted by Gasteiger charge is -2.28. The summed E-state index contributed by atoms with van der Waals surface area (Å²) in [5.41, 5.74) is 6.63. The monoisotopic (exact) mass is 294 g/mol. The van der Waals surface area contributed by atoms with Crippen LogP contribution in [0.4, 0.5) is 0 Å².